The van der Waals surface area contributed by atoms with E-state index in [0.717, 1.165) is 0 Å². The van der Waals surface area contributed by atoms with Crippen LogP contribution in [0, 0.1) is 5.82 Å². The molecule has 2 aliphatic heterocycles. The number of anilines is 1. The Kier molecular flexibility index (Phi) is 5.50. The van der Waals surface area contributed by atoms with Crippen LogP contribution in [0.4, 0.5) is 10.1 Å². The van der Waals surface area contributed by atoms with Crippen molar-refractivity contribution in [2.75, 3.05) is 16.4 Å². The number of carbonyl (C=O) groups excluding carboxylic acids is 2. The van der Waals surface area contributed by atoms with Gasteiger partial charge in [-0.15, -0.1) is 0 Å². The molecule has 2 aliphatic rings. The Hall–Kier alpha value is -2.52. The molecule has 0 radical (unpaired) electrons. The van der Waals surface area contributed by atoms with E-state index in [-0.39, 0.29) is 40.8 Å². The molecule has 2 saturated heterocycles. The van der Waals surface area contributed by atoms with Gasteiger partial charge in [0.25, 0.3) is 5.91 Å². The summed E-state index contributed by atoms with van der Waals surface area (Å²) >= 11 is 1.29. The molecule has 9 heteroatoms. The lowest BCUT2D eigenvalue weighted by atomic mass is 10.1. The normalized spacial score (nSPS) is 23.5. The summed E-state index contributed by atoms with van der Waals surface area (Å²) in [5.41, 5.74) is 1.88. The molecule has 4 rings (SSSR count). The Morgan fingerprint density at radius 1 is 1.10 bits per heavy atom. The minimum absolute atomic E-state index is 0.00962. The molecule has 0 bridgehead atoms. The van der Waals surface area contributed by atoms with E-state index in [1.54, 1.807) is 29.2 Å². The predicted octanol–water partition coefficient (Wildman–Crippen LogP) is 2.87. The van der Waals surface area contributed by atoms with Crippen LogP contribution in [0.15, 0.2) is 53.5 Å². The summed E-state index contributed by atoms with van der Waals surface area (Å²) in [6.45, 7) is 1.47. The van der Waals surface area contributed by atoms with Crippen molar-refractivity contribution in [2.24, 2.45) is 4.99 Å². The van der Waals surface area contributed by atoms with Gasteiger partial charge in [0, 0.05) is 16.5 Å². The van der Waals surface area contributed by atoms with E-state index in [1.165, 1.54) is 43.0 Å². The van der Waals surface area contributed by atoms with Crippen LogP contribution in [0.5, 0.6) is 0 Å². The molecule has 6 nitrogen and oxygen atoms in total. The van der Waals surface area contributed by atoms with Crippen LogP contribution >= 0.6 is 11.8 Å². The predicted molar refractivity (Wildman–Crippen MR) is 115 cm³/mol. The van der Waals surface area contributed by atoms with Crippen molar-refractivity contribution >= 4 is 44.1 Å². The third kappa shape index (κ3) is 4.32. The average Bonchev–Trinajstić information content (AvgIpc) is 3.14. The lowest BCUT2D eigenvalue weighted by Gasteiger charge is -2.24. The topological polar surface area (TPSA) is 83.9 Å². The fourth-order valence-electron chi connectivity index (χ4n) is 3.65. The maximum absolute atomic E-state index is 13.1. The standard InChI is InChI=1S/C21H19FN2O4S2/c1-13(25)15-4-8-17(9-5-15)24-18-11-30(27,28)12-19(18)29-21(24)23-20(26)10-14-2-6-16(22)7-3-14/h2-9,18-19H,10-12H2,1H3. The summed E-state index contributed by atoms with van der Waals surface area (Å²) < 4.78 is 37.4. The van der Waals surface area contributed by atoms with E-state index in [9.17, 15) is 22.4 Å². The summed E-state index contributed by atoms with van der Waals surface area (Å²) in [5, 5.41) is 0.238. The highest BCUT2D eigenvalue weighted by atomic mass is 32.2. The summed E-state index contributed by atoms with van der Waals surface area (Å²) in [6, 6.07) is 12.2. The second-order valence-electron chi connectivity index (χ2n) is 7.36. The smallest absolute Gasteiger partial charge is 0.252 e. The second kappa shape index (κ2) is 7.96. The van der Waals surface area contributed by atoms with Crippen molar-refractivity contribution in [1.29, 1.82) is 0 Å². The van der Waals surface area contributed by atoms with Crippen molar-refractivity contribution in [3.05, 3.63) is 65.5 Å². The van der Waals surface area contributed by atoms with Gasteiger partial charge in [-0.3, -0.25) is 9.59 Å². The van der Waals surface area contributed by atoms with E-state index >= 15 is 0 Å². The molecule has 0 aliphatic carbocycles. The molecule has 1 amide bonds. The molecule has 30 heavy (non-hydrogen) atoms. The Bertz CT molecular complexity index is 1130. The number of Topliss-reactive ketones (excluding diaryl/α,β-unsaturated/α-hetero) is 1. The third-order valence-electron chi connectivity index (χ3n) is 5.11. The van der Waals surface area contributed by atoms with Gasteiger partial charge in [-0.1, -0.05) is 23.9 Å². The average molecular weight is 447 g/mol. The molecule has 2 aromatic rings. The summed E-state index contributed by atoms with van der Waals surface area (Å²) in [4.78, 5) is 30.1. The molecule has 2 atom stereocenters. The first kappa shape index (κ1) is 20.7. The maximum atomic E-state index is 13.1. The number of thioether (sulfide) groups is 1. The molecule has 2 fully saturated rings. The van der Waals surface area contributed by atoms with Gasteiger partial charge in [-0.05, 0) is 48.9 Å². The van der Waals surface area contributed by atoms with Crippen LogP contribution in [-0.4, -0.2) is 48.1 Å². The van der Waals surface area contributed by atoms with Crippen molar-refractivity contribution < 1.29 is 22.4 Å². The zero-order chi connectivity index (χ0) is 21.5. The van der Waals surface area contributed by atoms with Crippen LogP contribution in [0.1, 0.15) is 22.8 Å². The van der Waals surface area contributed by atoms with Crippen LogP contribution in [0.3, 0.4) is 0 Å². The molecule has 156 valence electrons. The van der Waals surface area contributed by atoms with Crippen LogP contribution in [0.25, 0.3) is 0 Å². The molecule has 0 spiro atoms. The van der Waals surface area contributed by atoms with Crippen LogP contribution in [0.2, 0.25) is 0 Å². The minimum Gasteiger partial charge on any atom is -0.316 e. The highest BCUT2D eigenvalue weighted by Gasteiger charge is 2.49. The van der Waals surface area contributed by atoms with E-state index in [0.29, 0.717) is 22.0 Å². The quantitative estimate of drug-likeness (QED) is 0.672. The highest BCUT2D eigenvalue weighted by molar-refractivity contribution is 8.16. The molecule has 2 heterocycles. The first-order valence-electron chi connectivity index (χ1n) is 9.35. The molecular formula is C21H19FN2O4S2. The number of fused-ring (bicyclic) bond motifs is 1. The van der Waals surface area contributed by atoms with Crippen molar-refractivity contribution in [2.45, 2.75) is 24.6 Å². The third-order valence-corrected chi connectivity index (χ3v) is 8.32. The number of hydrogen-bond acceptors (Lipinski definition) is 5. The minimum atomic E-state index is -3.16. The van der Waals surface area contributed by atoms with Crippen molar-refractivity contribution in [1.82, 2.24) is 0 Å². The first-order chi connectivity index (χ1) is 14.2. The lowest BCUT2D eigenvalue weighted by molar-refractivity contribution is -0.117. The number of benzene rings is 2. The molecular weight excluding hydrogens is 427 g/mol. The summed E-state index contributed by atoms with van der Waals surface area (Å²) in [5.74, 6) is -0.808. The molecule has 2 aromatic carbocycles. The number of amides is 1. The number of rotatable bonds is 4. The fourth-order valence-corrected chi connectivity index (χ4v) is 7.58. The van der Waals surface area contributed by atoms with Crippen LogP contribution in [-0.2, 0) is 21.1 Å². The Morgan fingerprint density at radius 2 is 1.77 bits per heavy atom. The van der Waals surface area contributed by atoms with Gasteiger partial charge >= 0.3 is 0 Å². The molecule has 0 N–H and O–H groups in total. The van der Waals surface area contributed by atoms with Crippen molar-refractivity contribution in [3.8, 4) is 0 Å². The highest BCUT2D eigenvalue weighted by Crippen LogP contribution is 2.41. The van der Waals surface area contributed by atoms with Crippen LogP contribution < -0.4 is 4.90 Å². The fraction of sp³-hybridized carbons (Fsp3) is 0.286. The summed E-state index contributed by atoms with van der Waals surface area (Å²) in [6.07, 6.45) is 0.0229. The first-order valence-corrected chi connectivity index (χ1v) is 12.1. The maximum Gasteiger partial charge on any atom is 0.252 e. The number of aliphatic imine (C=N–C) groups is 1. The number of sulfone groups is 1. The monoisotopic (exact) mass is 446 g/mol. The molecule has 0 aromatic heterocycles. The number of amidine groups is 1. The van der Waals surface area contributed by atoms with E-state index in [4.69, 9.17) is 0 Å². The van der Waals surface area contributed by atoms with E-state index < -0.39 is 15.7 Å². The van der Waals surface area contributed by atoms with Gasteiger partial charge in [-0.25, -0.2) is 12.8 Å². The van der Waals surface area contributed by atoms with E-state index in [1.807, 2.05) is 0 Å². The van der Waals surface area contributed by atoms with Crippen molar-refractivity contribution in [3.63, 3.8) is 0 Å². The van der Waals surface area contributed by atoms with Gasteiger partial charge in [0.15, 0.2) is 20.8 Å². The van der Waals surface area contributed by atoms with E-state index in [2.05, 4.69) is 4.99 Å². The number of halogens is 1. The van der Waals surface area contributed by atoms with Gasteiger partial charge < -0.3 is 4.90 Å². The zero-order valence-electron chi connectivity index (χ0n) is 16.1. The Morgan fingerprint density at radius 3 is 2.40 bits per heavy atom. The largest absolute Gasteiger partial charge is 0.316 e. The Balaban J connectivity index is 1.63. The number of ketones is 1. The van der Waals surface area contributed by atoms with Gasteiger partial charge in [0.2, 0.25) is 0 Å². The number of carbonyl (C=O) groups is 2. The summed E-state index contributed by atoms with van der Waals surface area (Å²) in [7, 11) is -3.16. The van der Waals surface area contributed by atoms with Gasteiger partial charge in [0.05, 0.1) is 24.0 Å². The SMILES string of the molecule is CC(=O)c1ccc(N2C(=NC(=O)Cc3ccc(F)cc3)SC3CS(=O)(=O)CC32)cc1. The number of nitrogens with zero attached hydrogens (tertiary/aromatic N) is 2. The Labute approximate surface area is 178 Å². The van der Waals surface area contributed by atoms with Gasteiger partial charge in [-0.2, -0.15) is 4.99 Å². The lowest BCUT2D eigenvalue weighted by Crippen LogP contribution is -2.37. The molecule has 2 unspecified atom stereocenters. The molecule has 0 saturated carbocycles. The number of hydrogen-bond donors (Lipinski definition) is 0. The second-order valence-corrected chi connectivity index (χ2v) is 10.7. The van der Waals surface area contributed by atoms with Gasteiger partial charge in [0.1, 0.15) is 5.82 Å². The zero-order valence-corrected chi connectivity index (χ0v) is 17.7.